The Hall–Kier alpha value is -1.88. The van der Waals surface area contributed by atoms with E-state index in [0.717, 1.165) is 5.56 Å². The smallest absolute Gasteiger partial charge is 0.310 e. The Bertz CT molecular complexity index is 460. The summed E-state index contributed by atoms with van der Waals surface area (Å²) < 4.78 is 4.68. The van der Waals surface area contributed by atoms with Crippen LogP contribution in [0.25, 0.3) is 0 Å². The highest BCUT2D eigenvalue weighted by Gasteiger charge is 2.42. The third-order valence-corrected chi connectivity index (χ3v) is 3.47. The summed E-state index contributed by atoms with van der Waals surface area (Å²) in [4.78, 5) is 24.8. The number of ether oxygens (including phenoxy) is 1. The molecule has 0 bridgehead atoms. The van der Waals surface area contributed by atoms with Crippen LogP contribution in [0.5, 0.6) is 0 Å². The van der Waals surface area contributed by atoms with E-state index < -0.39 is 23.8 Å². The van der Waals surface area contributed by atoms with Gasteiger partial charge in [-0.1, -0.05) is 30.3 Å². The molecule has 1 heterocycles. The number of rotatable bonds is 4. The number of carboxylic acids is 1. The van der Waals surface area contributed by atoms with Crippen molar-refractivity contribution in [2.75, 3.05) is 20.2 Å². The summed E-state index contributed by atoms with van der Waals surface area (Å²) in [5, 5.41) is 9.18. The fourth-order valence-electron chi connectivity index (χ4n) is 2.50. The van der Waals surface area contributed by atoms with Crippen LogP contribution in [-0.4, -0.2) is 42.1 Å². The van der Waals surface area contributed by atoms with Crippen LogP contribution in [0.2, 0.25) is 0 Å². The molecule has 102 valence electrons. The minimum atomic E-state index is -0.939. The Morgan fingerprint density at radius 1 is 1.26 bits per heavy atom. The van der Waals surface area contributed by atoms with Gasteiger partial charge in [0.15, 0.2) is 0 Å². The summed E-state index contributed by atoms with van der Waals surface area (Å²) in [5.41, 5.74) is 1.11. The summed E-state index contributed by atoms with van der Waals surface area (Å²) in [6, 6.07) is 9.79. The average Bonchev–Trinajstić information content (AvgIpc) is 2.83. The molecule has 2 rings (SSSR count). The summed E-state index contributed by atoms with van der Waals surface area (Å²) >= 11 is 0. The first-order chi connectivity index (χ1) is 9.11. The number of esters is 1. The Morgan fingerprint density at radius 2 is 1.89 bits per heavy atom. The number of likely N-dealkylation sites (tertiary alicyclic amines) is 1. The molecule has 0 spiro atoms. The first kappa shape index (κ1) is 13.5. The lowest BCUT2D eigenvalue weighted by atomic mass is 9.97. The van der Waals surface area contributed by atoms with Crippen LogP contribution < -0.4 is 0 Å². The maximum Gasteiger partial charge on any atom is 0.310 e. The molecule has 5 nitrogen and oxygen atoms in total. The molecule has 0 saturated carbocycles. The number of methoxy groups -OCH3 is 1. The van der Waals surface area contributed by atoms with E-state index in [1.807, 2.05) is 35.2 Å². The minimum Gasteiger partial charge on any atom is -0.481 e. The van der Waals surface area contributed by atoms with Crippen LogP contribution in [-0.2, 0) is 20.9 Å². The van der Waals surface area contributed by atoms with Crippen molar-refractivity contribution in [2.45, 2.75) is 6.54 Å². The maximum absolute atomic E-state index is 11.6. The Balaban J connectivity index is 2.05. The summed E-state index contributed by atoms with van der Waals surface area (Å²) in [5.74, 6) is -2.64. The standard InChI is InChI=1S/C14H17NO4/c1-19-14(18)12-9-15(8-11(12)13(16)17)7-10-5-3-2-4-6-10/h2-6,11-12H,7-9H2,1H3,(H,16,17). The van der Waals surface area contributed by atoms with Crippen molar-refractivity contribution in [3.8, 4) is 0 Å². The third kappa shape index (κ3) is 3.12. The van der Waals surface area contributed by atoms with Gasteiger partial charge in [-0.05, 0) is 5.56 Å². The van der Waals surface area contributed by atoms with E-state index in [0.29, 0.717) is 19.6 Å². The van der Waals surface area contributed by atoms with Gasteiger partial charge >= 0.3 is 11.9 Å². The van der Waals surface area contributed by atoms with Gasteiger partial charge in [0, 0.05) is 19.6 Å². The summed E-state index contributed by atoms with van der Waals surface area (Å²) in [6.45, 7) is 1.46. The number of hydrogen-bond acceptors (Lipinski definition) is 4. The van der Waals surface area contributed by atoms with Crippen molar-refractivity contribution in [1.82, 2.24) is 4.90 Å². The van der Waals surface area contributed by atoms with Crippen molar-refractivity contribution in [1.29, 1.82) is 0 Å². The first-order valence-electron chi connectivity index (χ1n) is 6.18. The molecule has 1 N–H and O–H groups in total. The molecule has 5 heteroatoms. The molecule has 1 aliphatic heterocycles. The number of benzene rings is 1. The van der Waals surface area contributed by atoms with E-state index in [1.54, 1.807) is 0 Å². The SMILES string of the molecule is COC(=O)C1CN(Cc2ccccc2)CC1C(=O)O. The van der Waals surface area contributed by atoms with Gasteiger partial charge in [-0.3, -0.25) is 14.5 Å². The Labute approximate surface area is 111 Å². The van der Waals surface area contributed by atoms with E-state index in [-0.39, 0.29) is 0 Å². The van der Waals surface area contributed by atoms with Gasteiger partial charge in [0.1, 0.15) is 0 Å². The molecule has 0 aliphatic carbocycles. The number of aliphatic carboxylic acids is 1. The van der Waals surface area contributed by atoms with Crippen molar-refractivity contribution in [3.05, 3.63) is 35.9 Å². The van der Waals surface area contributed by atoms with E-state index >= 15 is 0 Å². The van der Waals surface area contributed by atoms with Gasteiger partial charge in [0.2, 0.25) is 0 Å². The van der Waals surface area contributed by atoms with Crippen LogP contribution in [0.3, 0.4) is 0 Å². The number of nitrogens with zero attached hydrogens (tertiary/aromatic N) is 1. The number of hydrogen-bond donors (Lipinski definition) is 1. The van der Waals surface area contributed by atoms with Gasteiger partial charge in [-0.2, -0.15) is 0 Å². The highest BCUT2D eigenvalue weighted by atomic mass is 16.5. The summed E-state index contributed by atoms with van der Waals surface area (Å²) in [7, 11) is 1.29. The van der Waals surface area contributed by atoms with Crippen LogP contribution in [0.4, 0.5) is 0 Å². The largest absolute Gasteiger partial charge is 0.481 e. The van der Waals surface area contributed by atoms with Crippen LogP contribution >= 0.6 is 0 Å². The highest BCUT2D eigenvalue weighted by Crippen LogP contribution is 2.26. The molecular formula is C14H17NO4. The highest BCUT2D eigenvalue weighted by molar-refractivity contribution is 5.82. The second-order valence-electron chi connectivity index (χ2n) is 4.75. The zero-order chi connectivity index (χ0) is 13.8. The van der Waals surface area contributed by atoms with Gasteiger partial charge in [0.05, 0.1) is 18.9 Å². The molecule has 1 aromatic carbocycles. The second kappa shape index (κ2) is 5.84. The monoisotopic (exact) mass is 263 g/mol. The fraction of sp³-hybridized carbons (Fsp3) is 0.429. The van der Waals surface area contributed by atoms with E-state index in [9.17, 15) is 14.7 Å². The van der Waals surface area contributed by atoms with Crippen LogP contribution in [0.15, 0.2) is 30.3 Å². The fourth-order valence-corrected chi connectivity index (χ4v) is 2.50. The van der Waals surface area contributed by atoms with Crippen LogP contribution in [0, 0.1) is 11.8 Å². The Morgan fingerprint density at radius 3 is 2.47 bits per heavy atom. The minimum absolute atomic E-state index is 0.379. The van der Waals surface area contributed by atoms with Gasteiger partial charge in [-0.15, -0.1) is 0 Å². The van der Waals surface area contributed by atoms with Gasteiger partial charge in [0.25, 0.3) is 0 Å². The van der Waals surface area contributed by atoms with Crippen molar-refractivity contribution in [2.24, 2.45) is 11.8 Å². The first-order valence-corrected chi connectivity index (χ1v) is 6.18. The predicted molar refractivity (Wildman–Crippen MR) is 68.4 cm³/mol. The zero-order valence-corrected chi connectivity index (χ0v) is 10.8. The van der Waals surface area contributed by atoms with Crippen molar-refractivity contribution in [3.63, 3.8) is 0 Å². The molecule has 1 saturated heterocycles. The lowest BCUT2D eigenvalue weighted by Crippen LogP contribution is -2.29. The molecule has 1 aliphatic rings. The zero-order valence-electron chi connectivity index (χ0n) is 10.8. The Kier molecular flexibility index (Phi) is 4.16. The molecule has 0 radical (unpaired) electrons. The lowest BCUT2D eigenvalue weighted by Gasteiger charge is -2.15. The lowest BCUT2D eigenvalue weighted by molar-refractivity contribution is -0.153. The van der Waals surface area contributed by atoms with Crippen molar-refractivity contribution >= 4 is 11.9 Å². The topological polar surface area (TPSA) is 66.8 Å². The van der Waals surface area contributed by atoms with Crippen molar-refractivity contribution < 1.29 is 19.4 Å². The predicted octanol–water partition coefficient (Wildman–Crippen LogP) is 0.992. The molecule has 1 aromatic rings. The summed E-state index contributed by atoms with van der Waals surface area (Å²) in [6.07, 6.45) is 0. The van der Waals surface area contributed by atoms with Gasteiger partial charge < -0.3 is 9.84 Å². The molecule has 1 fully saturated rings. The van der Waals surface area contributed by atoms with E-state index in [4.69, 9.17) is 0 Å². The number of carbonyl (C=O) groups is 2. The second-order valence-corrected chi connectivity index (χ2v) is 4.75. The normalized spacial score (nSPS) is 23.2. The quantitative estimate of drug-likeness (QED) is 0.821. The molecule has 2 atom stereocenters. The van der Waals surface area contributed by atoms with E-state index in [2.05, 4.69) is 4.74 Å². The third-order valence-electron chi connectivity index (χ3n) is 3.47. The average molecular weight is 263 g/mol. The van der Waals surface area contributed by atoms with E-state index in [1.165, 1.54) is 7.11 Å². The van der Waals surface area contributed by atoms with Gasteiger partial charge in [-0.25, -0.2) is 0 Å². The maximum atomic E-state index is 11.6. The molecule has 0 aromatic heterocycles. The molecule has 2 unspecified atom stereocenters. The number of carboxylic acid groups (broad SMARTS) is 1. The number of carbonyl (C=O) groups excluding carboxylic acids is 1. The molecule has 19 heavy (non-hydrogen) atoms. The molecule has 0 amide bonds. The molecular weight excluding hydrogens is 246 g/mol. The van der Waals surface area contributed by atoms with Crippen LogP contribution in [0.1, 0.15) is 5.56 Å².